The molecule has 2 aromatic rings. The van der Waals surface area contributed by atoms with Crippen LogP contribution in [0, 0.1) is 0 Å². The van der Waals surface area contributed by atoms with Gasteiger partial charge in [-0.1, -0.05) is 31.0 Å². The summed E-state index contributed by atoms with van der Waals surface area (Å²) in [7, 11) is 0. The van der Waals surface area contributed by atoms with Crippen molar-refractivity contribution in [2.24, 2.45) is 0 Å². The van der Waals surface area contributed by atoms with Crippen molar-refractivity contribution in [3.05, 3.63) is 64.7 Å². The zero-order chi connectivity index (χ0) is 17.2. The van der Waals surface area contributed by atoms with Crippen molar-refractivity contribution in [1.82, 2.24) is 0 Å². The minimum Gasteiger partial charge on any atom is -0.483 e. The highest BCUT2D eigenvalue weighted by Crippen LogP contribution is 2.34. The molecule has 1 heterocycles. The fourth-order valence-electron chi connectivity index (χ4n) is 2.84. The summed E-state index contributed by atoms with van der Waals surface area (Å²) >= 11 is 5.85. The number of hydrogen-bond acceptors (Lipinski definition) is 2. The molecule has 0 spiro atoms. The maximum atomic E-state index is 12.3. The molecule has 0 saturated heterocycles. The Morgan fingerprint density at radius 1 is 1.21 bits per heavy atom. The van der Waals surface area contributed by atoms with E-state index in [0.717, 1.165) is 29.8 Å². The Bertz CT molecular complexity index is 783. The van der Waals surface area contributed by atoms with E-state index in [0.29, 0.717) is 10.6 Å². The lowest BCUT2D eigenvalue weighted by atomic mass is 9.95. The summed E-state index contributed by atoms with van der Waals surface area (Å²) in [5, 5.41) is 3.51. The van der Waals surface area contributed by atoms with Crippen molar-refractivity contribution >= 4 is 29.3 Å². The van der Waals surface area contributed by atoms with E-state index in [9.17, 15) is 4.79 Å². The fraction of sp³-hybridized carbons (Fsp3) is 0.250. The molecule has 3 rings (SSSR count). The van der Waals surface area contributed by atoms with Gasteiger partial charge >= 0.3 is 0 Å². The number of hydrogen-bond donors (Lipinski definition) is 1. The number of carbonyl (C=O) groups is 1. The van der Waals surface area contributed by atoms with E-state index < -0.39 is 0 Å². The molecule has 1 N–H and O–H groups in total. The topological polar surface area (TPSA) is 38.3 Å². The van der Waals surface area contributed by atoms with Crippen LogP contribution in [-0.2, 0) is 0 Å². The van der Waals surface area contributed by atoms with Crippen molar-refractivity contribution in [3.63, 3.8) is 0 Å². The summed E-state index contributed by atoms with van der Waals surface area (Å²) in [5.74, 6) is 0.682. The summed E-state index contributed by atoms with van der Waals surface area (Å²) in [6.45, 7) is 4.24. The number of anilines is 1. The molecule has 124 valence electrons. The van der Waals surface area contributed by atoms with Crippen LogP contribution >= 0.6 is 11.6 Å². The van der Waals surface area contributed by atoms with Gasteiger partial charge in [-0.05, 0) is 61.9 Å². The monoisotopic (exact) mass is 341 g/mol. The Hall–Kier alpha value is -2.26. The molecular weight excluding hydrogens is 322 g/mol. The number of halogens is 1. The molecule has 2 aromatic carbocycles. The average molecular weight is 342 g/mol. The van der Waals surface area contributed by atoms with E-state index in [2.05, 4.69) is 31.3 Å². The number of ether oxygens (including phenoxy) is 1. The van der Waals surface area contributed by atoms with Gasteiger partial charge in [0.05, 0.1) is 0 Å². The second kappa shape index (κ2) is 6.70. The quantitative estimate of drug-likeness (QED) is 0.791. The first-order chi connectivity index (χ1) is 11.5. The number of rotatable bonds is 4. The number of carbonyl (C=O) groups excluding carboxylic acids is 1. The SMILES string of the molecule is CCCC1(C)C=Cc2cc(NC(=O)c3ccc(Cl)cc3)ccc2O1. The molecule has 1 aliphatic heterocycles. The van der Waals surface area contributed by atoms with Gasteiger partial charge in [0.25, 0.3) is 5.91 Å². The molecule has 4 heteroatoms. The largest absolute Gasteiger partial charge is 0.483 e. The van der Waals surface area contributed by atoms with Crippen LogP contribution in [-0.4, -0.2) is 11.5 Å². The molecule has 1 amide bonds. The standard InChI is InChI=1S/C20H20ClNO2/c1-3-11-20(2)12-10-15-13-17(8-9-18(15)24-20)22-19(23)14-4-6-16(21)7-5-14/h4-10,12-13H,3,11H2,1-2H3,(H,22,23). The minimum absolute atomic E-state index is 0.164. The van der Waals surface area contributed by atoms with Crippen molar-refractivity contribution in [1.29, 1.82) is 0 Å². The van der Waals surface area contributed by atoms with Crippen molar-refractivity contribution < 1.29 is 9.53 Å². The second-order valence-corrected chi connectivity index (χ2v) is 6.65. The molecule has 0 aliphatic carbocycles. The first kappa shape index (κ1) is 16.6. The van der Waals surface area contributed by atoms with E-state index >= 15 is 0 Å². The number of nitrogens with one attached hydrogen (secondary N) is 1. The maximum absolute atomic E-state index is 12.3. The zero-order valence-electron chi connectivity index (χ0n) is 13.8. The Labute approximate surface area is 147 Å². The normalized spacial score (nSPS) is 18.6. The summed E-state index contributed by atoms with van der Waals surface area (Å²) in [4.78, 5) is 12.3. The lowest BCUT2D eigenvalue weighted by Gasteiger charge is -2.31. The Kier molecular flexibility index (Phi) is 4.63. The molecule has 0 saturated carbocycles. The van der Waals surface area contributed by atoms with Crippen molar-refractivity contribution in [2.45, 2.75) is 32.3 Å². The molecule has 0 fully saturated rings. The molecule has 3 nitrogen and oxygen atoms in total. The highest BCUT2D eigenvalue weighted by molar-refractivity contribution is 6.30. The van der Waals surface area contributed by atoms with Crippen molar-refractivity contribution in [3.8, 4) is 5.75 Å². The van der Waals surface area contributed by atoms with Gasteiger partial charge in [0, 0.05) is 21.8 Å². The van der Waals surface area contributed by atoms with E-state index in [-0.39, 0.29) is 11.5 Å². The van der Waals surface area contributed by atoms with E-state index in [4.69, 9.17) is 16.3 Å². The van der Waals surface area contributed by atoms with Gasteiger partial charge in [0.15, 0.2) is 0 Å². The molecule has 0 bridgehead atoms. The van der Waals surface area contributed by atoms with Gasteiger partial charge in [-0.3, -0.25) is 4.79 Å². The van der Waals surface area contributed by atoms with E-state index in [1.807, 2.05) is 18.2 Å². The Morgan fingerprint density at radius 2 is 1.96 bits per heavy atom. The zero-order valence-corrected chi connectivity index (χ0v) is 14.6. The van der Waals surface area contributed by atoms with Crippen LogP contribution in [0.25, 0.3) is 6.08 Å². The van der Waals surface area contributed by atoms with Crippen LogP contribution in [0.2, 0.25) is 5.02 Å². The van der Waals surface area contributed by atoms with Crippen LogP contribution < -0.4 is 10.1 Å². The highest BCUT2D eigenvalue weighted by atomic mass is 35.5. The maximum Gasteiger partial charge on any atom is 0.255 e. The van der Waals surface area contributed by atoms with Gasteiger partial charge in [0.1, 0.15) is 11.4 Å². The molecule has 0 aromatic heterocycles. The predicted octanol–water partition coefficient (Wildman–Crippen LogP) is 5.56. The van der Waals surface area contributed by atoms with Gasteiger partial charge < -0.3 is 10.1 Å². The third-order valence-electron chi connectivity index (χ3n) is 4.08. The summed E-state index contributed by atoms with van der Waals surface area (Å²) in [6.07, 6.45) is 6.18. The summed E-state index contributed by atoms with van der Waals surface area (Å²) < 4.78 is 6.10. The van der Waals surface area contributed by atoms with Crippen LogP contribution in [0.1, 0.15) is 42.6 Å². The first-order valence-corrected chi connectivity index (χ1v) is 8.46. The average Bonchev–Trinajstić information content (AvgIpc) is 2.56. The van der Waals surface area contributed by atoms with Gasteiger partial charge in [-0.2, -0.15) is 0 Å². The third kappa shape index (κ3) is 3.62. The lowest BCUT2D eigenvalue weighted by Crippen LogP contribution is -2.31. The van der Waals surface area contributed by atoms with Crippen LogP contribution in [0.5, 0.6) is 5.75 Å². The van der Waals surface area contributed by atoms with Gasteiger partial charge in [-0.25, -0.2) is 0 Å². The van der Waals surface area contributed by atoms with Crippen molar-refractivity contribution in [2.75, 3.05) is 5.32 Å². The van der Waals surface area contributed by atoms with Crippen LogP contribution in [0.4, 0.5) is 5.69 Å². The van der Waals surface area contributed by atoms with Crippen LogP contribution in [0.15, 0.2) is 48.5 Å². The summed E-state index contributed by atoms with van der Waals surface area (Å²) in [5.41, 5.74) is 2.02. The fourth-order valence-corrected chi connectivity index (χ4v) is 2.96. The number of amides is 1. The lowest BCUT2D eigenvalue weighted by molar-refractivity contribution is 0.102. The van der Waals surface area contributed by atoms with E-state index in [1.54, 1.807) is 24.3 Å². The Balaban J connectivity index is 1.76. The third-order valence-corrected chi connectivity index (χ3v) is 4.33. The Morgan fingerprint density at radius 3 is 2.67 bits per heavy atom. The molecular formula is C20H20ClNO2. The number of fused-ring (bicyclic) bond motifs is 1. The molecule has 1 unspecified atom stereocenters. The highest BCUT2D eigenvalue weighted by Gasteiger charge is 2.26. The number of benzene rings is 2. The molecule has 24 heavy (non-hydrogen) atoms. The van der Waals surface area contributed by atoms with Gasteiger partial charge in [0.2, 0.25) is 0 Å². The molecule has 1 atom stereocenters. The van der Waals surface area contributed by atoms with Crippen LogP contribution in [0.3, 0.4) is 0 Å². The molecule has 1 aliphatic rings. The minimum atomic E-state index is -0.254. The smallest absolute Gasteiger partial charge is 0.255 e. The van der Waals surface area contributed by atoms with E-state index in [1.165, 1.54) is 0 Å². The molecule has 0 radical (unpaired) electrons. The first-order valence-electron chi connectivity index (χ1n) is 8.08. The summed E-state index contributed by atoms with van der Waals surface area (Å²) in [6, 6.07) is 12.5. The van der Waals surface area contributed by atoms with Gasteiger partial charge in [-0.15, -0.1) is 0 Å². The predicted molar refractivity (Wildman–Crippen MR) is 98.8 cm³/mol. The second-order valence-electron chi connectivity index (χ2n) is 6.21.